The molecule has 7 nitrogen and oxygen atoms in total. The lowest BCUT2D eigenvalue weighted by atomic mass is 10.0. The number of likely N-dealkylation sites (tertiary alicyclic amines) is 1. The summed E-state index contributed by atoms with van der Waals surface area (Å²) in [5.74, 6) is -1.08. The maximum Gasteiger partial charge on any atom is 0.164 e. The summed E-state index contributed by atoms with van der Waals surface area (Å²) in [6.45, 7) is 4.32. The molecular weight excluding hydrogens is 479 g/mol. The lowest BCUT2D eigenvalue weighted by Crippen LogP contribution is -2.44. The Bertz CT molecular complexity index is 1680. The Kier molecular flexibility index (Phi) is 5.19. The van der Waals surface area contributed by atoms with Gasteiger partial charge in [-0.2, -0.15) is 5.10 Å². The van der Waals surface area contributed by atoms with Gasteiger partial charge in [-0.1, -0.05) is 12.1 Å². The minimum Gasteiger partial charge on any atom is -0.505 e. The third-order valence-corrected chi connectivity index (χ3v) is 8.04. The highest BCUT2D eigenvalue weighted by Crippen LogP contribution is 2.39. The van der Waals surface area contributed by atoms with Crippen LogP contribution >= 0.6 is 0 Å². The number of halogens is 1. The van der Waals surface area contributed by atoms with Gasteiger partial charge in [0.25, 0.3) is 0 Å². The topological polar surface area (TPSA) is 69.8 Å². The Morgan fingerprint density at radius 1 is 0.921 bits per heavy atom. The van der Waals surface area contributed by atoms with E-state index in [0.717, 1.165) is 41.0 Å². The molecule has 2 fully saturated rings. The van der Waals surface area contributed by atoms with Crippen LogP contribution in [0.1, 0.15) is 12.0 Å². The molecule has 2 aromatic carbocycles. The molecule has 2 aliphatic rings. The number of anilines is 1. The van der Waals surface area contributed by atoms with Crippen molar-refractivity contribution in [2.75, 3.05) is 25.0 Å². The molecule has 2 unspecified atom stereocenters. The van der Waals surface area contributed by atoms with Gasteiger partial charge in [0, 0.05) is 60.6 Å². The van der Waals surface area contributed by atoms with E-state index in [1.807, 2.05) is 22.7 Å². The number of phenolic OH excluding ortho intramolecular Hbond substituents is 1. The Morgan fingerprint density at radius 3 is 2.47 bits per heavy atom. The first kappa shape index (κ1) is 22.9. The second-order valence-electron chi connectivity index (χ2n) is 10.3. The van der Waals surface area contributed by atoms with Gasteiger partial charge in [0.05, 0.1) is 11.3 Å². The van der Waals surface area contributed by atoms with Crippen molar-refractivity contribution in [2.45, 2.75) is 25.4 Å². The van der Waals surface area contributed by atoms with Crippen LogP contribution in [0.4, 0.5) is 10.1 Å². The normalized spacial score (nSPS) is 19.1. The zero-order chi connectivity index (χ0) is 26.0. The number of rotatable bonds is 4. The van der Waals surface area contributed by atoms with E-state index in [2.05, 4.69) is 51.9 Å². The summed E-state index contributed by atoms with van der Waals surface area (Å²) in [5.41, 5.74) is 7.93. The molecule has 8 heteroatoms. The predicted octanol–water partition coefficient (Wildman–Crippen LogP) is 5.17. The second kappa shape index (κ2) is 8.63. The van der Waals surface area contributed by atoms with E-state index in [-0.39, 0.29) is 0 Å². The molecule has 5 aromatic rings. The van der Waals surface area contributed by atoms with Gasteiger partial charge in [-0.05, 0) is 74.0 Å². The SMILES string of the molecule is Cc1cc(N2CC3CC2CN3C)ccc1-c1ccnc2c(-c3ccc(F)c(O)c3)c(-c3ccncc3)nn12. The summed E-state index contributed by atoms with van der Waals surface area (Å²) in [7, 11) is 2.22. The third-order valence-electron chi connectivity index (χ3n) is 8.04. The fraction of sp³-hybridized carbons (Fsp3) is 0.233. The van der Waals surface area contributed by atoms with Crippen molar-refractivity contribution in [1.29, 1.82) is 0 Å². The molecule has 190 valence electrons. The average molecular weight is 507 g/mol. The van der Waals surface area contributed by atoms with Crippen LogP contribution in [0.5, 0.6) is 5.75 Å². The van der Waals surface area contributed by atoms with Crippen molar-refractivity contribution in [2.24, 2.45) is 0 Å². The summed E-state index contributed by atoms with van der Waals surface area (Å²) in [6, 6.07) is 17.9. The Morgan fingerprint density at radius 2 is 1.76 bits per heavy atom. The Hall–Kier alpha value is -4.30. The maximum atomic E-state index is 13.9. The Balaban J connectivity index is 1.37. The van der Waals surface area contributed by atoms with Crippen LogP contribution in [0.25, 0.3) is 39.3 Å². The number of hydrogen-bond donors (Lipinski definition) is 1. The van der Waals surface area contributed by atoms with Gasteiger partial charge in [0.15, 0.2) is 17.2 Å². The smallest absolute Gasteiger partial charge is 0.164 e. The van der Waals surface area contributed by atoms with Crippen LogP contribution in [-0.2, 0) is 0 Å². The molecule has 3 aromatic heterocycles. The first-order chi connectivity index (χ1) is 18.5. The van der Waals surface area contributed by atoms with Crippen molar-refractivity contribution in [3.05, 3.63) is 84.6 Å². The number of likely N-dealkylation sites (N-methyl/N-ethyl adjacent to an activating group) is 1. The van der Waals surface area contributed by atoms with E-state index in [1.165, 1.54) is 24.2 Å². The van der Waals surface area contributed by atoms with Gasteiger partial charge in [0.1, 0.15) is 5.69 Å². The summed E-state index contributed by atoms with van der Waals surface area (Å²) >= 11 is 0. The molecule has 2 atom stereocenters. The highest BCUT2D eigenvalue weighted by Gasteiger charge is 2.41. The number of pyridine rings is 1. The summed E-state index contributed by atoms with van der Waals surface area (Å²) < 4.78 is 15.8. The molecule has 7 rings (SSSR count). The largest absolute Gasteiger partial charge is 0.505 e. The van der Waals surface area contributed by atoms with E-state index < -0.39 is 11.6 Å². The number of benzene rings is 2. The standard InChI is InChI=1S/C30H27FN6O/c1-18-13-21(36-17-22-15-23(36)16-35(22)2)4-5-24(18)26-9-12-33-30-28(20-3-6-25(31)27(38)14-20)29(34-37(26)30)19-7-10-32-11-8-19/h3-14,22-23,38H,15-17H2,1-2H3. The number of phenols is 1. The monoisotopic (exact) mass is 506 g/mol. The first-order valence-corrected chi connectivity index (χ1v) is 12.8. The number of hydrogen-bond acceptors (Lipinski definition) is 6. The zero-order valence-corrected chi connectivity index (χ0v) is 21.2. The molecule has 2 bridgehead atoms. The Labute approximate surface area is 219 Å². The fourth-order valence-electron chi connectivity index (χ4n) is 6.09. The molecule has 0 saturated carbocycles. The summed E-state index contributed by atoms with van der Waals surface area (Å²) in [4.78, 5) is 13.8. The molecule has 2 saturated heterocycles. The number of nitrogens with zero attached hydrogens (tertiary/aromatic N) is 6. The number of aromatic hydroxyl groups is 1. The minimum absolute atomic E-state index is 0.410. The van der Waals surface area contributed by atoms with Crippen LogP contribution in [0.3, 0.4) is 0 Å². The number of aromatic nitrogens is 4. The number of aryl methyl sites for hydroxylation is 1. The first-order valence-electron chi connectivity index (χ1n) is 12.8. The maximum absolute atomic E-state index is 13.9. The highest BCUT2D eigenvalue weighted by molar-refractivity contribution is 5.91. The molecule has 1 N–H and O–H groups in total. The molecule has 38 heavy (non-hydrogen) atoms. The van der Waals surface area contributed by atoms with Gasteiger partial charge in [-0.3, -0.25) is 9.88 Å². The molecule has 5 heterocycles. The molecule has 0 aliphatic carbocycles. The van der Waals surface area contributed by atoms with E-state index in [4.69, 9.17) is 5.10 Å². The molecule has 0 spiro atoms. The predicted molar refractivity (Wildman–Crippen MR) is 146 cm³/mol. The highest BCUT2D eigenvalue weighted by atomic mass is 19.1. The van der Waals surface area contributed by atoms with E-state index in [9.17, 15) is 9.50 Å². The minimum atomic E-state index is -0.669. The van der Waals surface area contributed by atoms with Crippen molar-refractivity contribution < 1.29 is 9.50 Å². The number of piperazine rings is 1. The van der Waals surface area contributed by atoms with Crippen molar-refractivity contribution in [1.82, 2.24) is 24.5 Å². The fourth-order valence-corrected chi connectivity index (χ4v) is 6.09. The van der Waals surface area contributed by atoms with Crippen molar-refractivity contribution in [3.63, 3.8) is 0 Å². The van der Waals surface area contributed by atoms with Crippen molar-refractivity contribution in [3.8, 4) is 39.4 Å². The van der Waals surface area contributed by atoms with Crippen LogP contribution in [0.2, 0.25) is 0 Å². The zero-order valence-electron chi connectivity index (χ0n) is 21.2. The van der Waals surface area contributed by atoms with Crippen LogP contribution in [-0.4, -0.2) is 61.8 Å². The van der Waals surface area contributed by atoms with Crippen LogP contribution in [0, 0.1) is 12.7 Å². The number of fused-ring (bicyclic) bond motifs is 3. The third kappa shape index (κ3) is 3.55. The van der Waals surface area contributed by atoms with Gasteiger partial charge < -0.3 is 10.0 Å². The van der Waals surface area contributed by atoms with E-state index in [0.29, 0.717) is 29.0 Å². The average Bonchev–Trinajstić information content (AvgIpc) is 3.63. The lowest BCUT2D eigenvalue weighted by Gasteiger charge is -2.34. The van der Waals surface area contributed by atoms with E-state index >= 15 is 0 Å². The van der Waals surface area contributed by atoms with Gasteiger partial charge >= 0.3 is 0 Å². The molecule has 2 aliphatic heterocycles. The quantitative estimate of drug-likeness (QED) is 0.363. The van der Waals surface area contributed by atoms with Crippen LogP contribution < -0.4 is 4.90 Å². The summed E-state index contributed by atoms with van der Waals surface area (Å²) in [5, 5.41) is 15.1. The van der Waals surface area contributed by atoms with E-state index in [1.54, 1.807) is 24.7 Å². The van der Waals surface area contributed by atoms with Gasteiger partial charge in [0.2, 0.25) is 0 Å². The lowest BCUT2D eigenvalue weighted by molar-refractivity contribution is 0.292. The van der Waals surface area contributed by atoms with Crippen molar-refractivity contribution >= 4 is 11.3 Å². The van der Waals surface area contributed by atoms with Gasteiger partial charge in [-0.25, -0.2) is 13.9 Å². The van der Waals surface area contributed by atoms with Gasteiger partial charge in [-0.15, -0.1) is 0 Å². The molecular formula is C30H27FN6O. The van der Waals surface area contributed by atoms with Crippen LogP contribution in [0.15, 0.2) is 73.2 Å². The molecule has 0 amide bonds. The molecule has 0 radical (unpaired) electrons. The summed E-state index contributed by atoms with van der Waals surface area (Å²) in [6.07, 6.45) is 6.43. The second-order valence-corrected chi connectivity index (χ2v) is 10.3.